The molecule has 2 aromatic carbocycles. The maximum absolute atomic E-state index is 3.37. The van der Waals surface area contributed by atoms with Crippen molar-refractivity contribution in [3.8, 4) is 0 Å². The molecule has 0 heterocycles. The molecule has 0 saturated heterocycles. The second-order valence-electron chi connectivity index (χ2n) is 7.22. The number of hydrogen-bond donors (Lipinski definition) is 0. The van der Waals surface area contributed by atoms with Crippen LogP contribution in [-0.4, -0.2) is 12.9 Å². The van der Waals surface area contributed by atoms with Crippen molar-refractivity contribution in [2.75, 3.05) is 0 Å². The summed E-state index contributed by atoms with van der Waals surface area (Å²) in [6.45, 7) is 7.22. The van der Waals surface area contributed by atoms with Gasteiger partial charge in [0.15, 0.2) is 0 Å². The Hall–Kier alpha value is -0.913. The molecule has 0 spiro atoms. The van der Waals surface area contributed by atoms with E-state index in [0.29, 0.717) is 4.78 Å². The van der Waals surface area contributed by atoms with E-state index >= 15 is 0 Å². The molecule has 1 atom stereocenters. The third-order valence-corrected chi connectivity index (χ3v) is 13.4. The maximum Gasteiger partial charge on any atom is 0.124 e. The molecule has 0 N–H and O–H groups in total. The second-order valence-corrected chi connectivity index (χ2v) is 13.3. The Morgan fingerprint density at radius 1 is 0.750 bits per heavy atom. The molecule has 0 aliphatic heterocycles. The standard InChI is InChI=1S/C22H33PSi/c1-4-6-18-22(23,19-7-5-2)24(3,20-14-10-8-11-15-20)21-16-12-9-13-17-21/h8-17H,4-7,18-19,23H2,1-3H3. The van der Waals surface area contributed by atoms with Gasteiger partial charge < -0.3 is 0 Å². The largest absolute Gasteiger partial charge is 0.133 e. The van der Waals surface area contributed by atoms with Crippen LogP contribution in [0.25, 0.3) is 0 Å². The highest BCUT2D eigenvalue weighted by Crippen LogP contribution is 2.39. The van der Waals surface area contributed by atoms with Crippen LogP contribution in [0.1, 0.15) is 52.4 Å². The number of rotatable bonds is 9. The number of hydrogen-bond acceptors (Lipinski definition) is 0. The molecule has 2 rings (SSSR count). The molecule has 0 saturated carbocycles. The molecule has 0 aliphatic carbocycles. The summed E-state index contributed by atoms with van der Waals surface area (Å²) in [6.07, 6.45) is 7.79. The van der Waals surface area contributed by atoms with E-state index < -0.39 is 8.07 Å². The van der Waals surface area contributed by atoms with Crippen LogP contribution in [0.2, 0.25) is 6.55 Å². The summed E-state index contributed by atoms with van der Waals surface area (Å²) < 4.78 is 0.321. The summed E-state index contributed by atoms with van der Waals surface area (Å²) in [5.41, 5.74) is 0. The fourth-order valence-corrected chi connectivity index (χ4v) is 9.86. The van der Waals surface area contributed by atoms with Gasteiger partial charge in [-0.05, 0) is 17.6 Å². The zero-order chi connectivity index (χ0) is 17.5. The Morgan fingerprint density at radius 3 is 1.46 bits per heavy atom. The molecule has 0 bridgehead atoms. The first kappa shape index (κ1) is 19.4. The van der Waals surface area contributed by atoms with Gasteiger partial charge in [-0.15, -0.1) is 9.24 Å². The van der Waals surface area contributed by atoms with Crippen molar-refractivity contribution < 1.29 is 0 Å². The van der Waals surface area contributed by atoms with E-state index in [0.717, 1.165) is 0 Å². The molecule has 0 fully saturated rings. The van der Waals surface area contributed by atoms with Crippen molar-refractivity contribution in [1.82, 2.24) is 0 Å². The molecule has 24 heavy (non-hydrogen) atoms. The van der Waals surface area contributed by atoms with Gasteiger partial charge in [-0.1, -0.05) is 117 Å². The van der Waals surface area contributed by atoms with Crippen LogP contribution in [0.15, 0.2) is 60.7 Å². The monoisotopic (exact) mass is 356 g/mol. The predicted molar refractivity (Wildman–Crippen MR) is 115 cm³/mol. The summed E-state index contributed by atoms with van der Waals surface area (Å²) in [7, 11) is 1.50. The van der Waals surface area contributed by atoms with Crippen LogP contribution in [0.3, 0.4) is 0 Å². The average molecular weight is 357 g/mol. The van der Waals surface area contributed by atoms with E-state index in [1.807, 2.05) is 0 Å². The SMILES string of the molecule is CCCCC(P)(CCCC)[Si](C)(c1ccccc1)c1ccccc1. The Kier molecular flexibility index (Phi) is 7.26. The zero-order valence-corrected chi connectivity index (χ0v) is 17.7. The van der Waals surface area contributed by atoms with E-state index in [4.69, 9.17) is 0 Å². The van der Waals surface area contributed by atoms with E-state index in [9.17, 15) is 0 Å². The number of unbranched alkanes of at least 4 members (excludes halogenated alkanes) is 2. The van der Waals surface area contributed by atoms with Gasteiger partial charge >= 0.3 is 0 Å². The lowest BCUT2D eigenvalue weighted by molar-refractivity contribution is 0.563. The van der Waals surface area contributed by atoms with Crippen LogP contribution in [0.5, 0.6) is 0 Å². The highest BCUT2D eigenvalue weighted by atomic mass is 31.0. The third kappa shape index (κ3) is 4.01. The van der Waals surface area contributed by atoms with Crippen LogP contribution in [-0.2, 0) is 0 Å². The van der Waals surface area contributed by atoms with Crippen LogP contribution >= 0.6 is 9.24 Å². The number of benzene rings is 2. The lowest BCUT2D eigenvalue weighted by Crippen LogP contribution is -2.69. The fourth-order valence-electron chi connectivity index (χ4n) is 3.89. The van der Waals surface area contributed by atoms with Gasteiger partial charge in [0.1, 0.15) is 8.07 Å². The first-order valence-electron chi connectivity index (χ1n) is 9.48. The zero-order valence-electron chi connectivity index (χ0n) is 15.6. The summed E-state index contributed by atoms with van der Waals surface area (Å²) in [4.78, 5) is 0. The Morgan fingerprint density at radius 2 is 1.12 bits per heavy atom. The highest BCUT2D eigenvalue weighted by Gasteiger charge is 2.48. The van der Waals surface area contributed by atoms with E-state index in [2.05, 4.69) is 90.3 Å². The topological polar surface area (TPSA) is 0 Å². The molecular weight excluding hydrogens is 323 g/mol. The van der Waals surface area contributed by atoms with Gasteiger partial charge in [0.05, 0.1) is 0 Å². The van der Waals surface area contributed by atoms with Crippen molar-refractivity contribution in [3.05, 3.63) is 60.7 Å². The van der Waals surface area contributed by atoms with Gasteiger partial charge in [-0.2, -0.15) is 0 Å². The van der Waals surface area contributed by atoms with Crippen LogP contribution in [0.4, 0.5) is 0 Å². The van der Waals surface area contributed by atoms with Crippen molar-refractivity contribution in [2.45, 2.75) is 63.7 Å². The molecule has 0 aliphatic rings. The summed E-state index contributed by atoms with van der Waals surface area (Å²) in [5, 5.41) is 3.14. The average Bonchev–Trinajstić information content (AvgIpc) is 2.65. The first-order valence-corrected chi connectivity index (χ1v) is 12.6. The van der Waals surface area contributed by atoms with E-state index in [-0.39, 0.29) is 0 Å². The minimum Gasteiger partial charge on any atom is -0.133 e. The van der Waals surface area contributed by atoms with Crippen molar-refractivity contribution in [3.63, 3.8) is 0 Å². The Labute approximate surface area is 152 Å². The quantitative estimate of drug-likeness (QED) is 0.416. The fraction of sp³-hybridized carbons (Fsp3) is 0.455. The third-order valence-electron chi connectivity index (χ3n) is 5.65. The molecule has 0 aromatic heterocycles. The highest BCUT2D eigenvalue weighted by molar-refractivity contribution is 7.31. The van der Waals surface area contributed by atoms with Gasteiger partial charge in [0.25, 0.3) is 0 Å². The van der Waals surface area contributed by atoms with Gasteiger partial charge in [0.2, 0.25) is 0 Å². The summed E-state index contributed by atoms with van der Waals surface area (Å²) in [6, 6.07) is 22.6. The normalized spacial score (nSPS) is 12.3. The predicted octanol–water partition coefficient (Wildman–Crippen LogP) is 5.41. The minimum atomic E-state index is -1.87. The van der Waals surface area contributed by atoms with Crippen LogP contribution in [0, 0.1) is 0 Å². The smallest absolute Gasteiger partial charge is 0.124 e. The Bertz CT molecular complexity index is 546. The first-order chi connectivity index (χ1) is 11.6. The molecule has 2 aromatic rings. The van der Waals surface area contributed by atoms with Crippen molar-refractivity contribution in [1.29, 1.82) is 0 Å². The van der Waals surface area contributed by atoms with Crippen LogP contribution < -0.4 is 10.4 Å². The maximum atomic E-state index is 3.37. The molecule has 2 heteroatoms. The van der Waals surface area contributed by atoms with Gasteiger partial charge in [-0.3, -0.25) is 0 Å². The molecule has 0 nitrogen and oxygen atoms in total. The molecule has 130 valence electrons. The summed E-state index contributed by atoms with van der Waals surface area (Å²) in [5.74, 6) is 0. The molecule has 1 unspecified atom stereocenters. The molecule has 0 radical (unpaired) electrons. The lowest BCUT2D eigenvalue weighted by atomic mass is 10.1. The van der Waals surface area contributed by atoms with Crippen molar-refractivity contribution in [2.24, 2.45) is 0 Å². The van der Waals surface area contributed by atoms with E-state index in [1.54, 1.807) is 10.4 Å². The van der Waals surface area contributed by atoms with Crippen molar-refractivity contribution >= 4 is 27.7 Å². The van der Waals surface area contributed by atoms with E-state index in [1.165, 1.54) is 38.5 Å². The van der Waals surface area contributed by atoms with Gasteiger partial charge in [0, 0.05) is 0 Å². The Balaban J connectivity index is 2.58. The lowest BCUT2D eigenvalue weighted by Gasteiger charge is -2.46. The van der Waals surface area contributed by atoms with Gasteiger partial charge in [-0.25, -0.2) is 0 Å². The minimum absolute atomic E-state index is 0.321. The molecular formula is C22H33PSi. The second kappa shape index (κ2) is 8.97. The molecule has 0 amide bonds. The summed E-state index contributed by atoms with van der Waals surface area (Å²) >= 11 is 0.